The van der Waals surface area contributed by atoms with E-state index >= 15 is 0 Å². The molecule has 1 N–H and O–H groups in total. The topological polar surface area (TPSA) is 24.4 Å². The molecule has 0 unspecified atom stereocenters. The van der Waals surface area contributed by atoms with Crippen LogP contribution in [-0.4, -0.2) is 11.6 Å². The predicted octanol–water partition coefficient (Wildman–Crippen LogP) is 5.40. The molecule has 0 saturated carbocycles. The van der Waals surface area contributed by atoms with E-state index in [2.05, 4.69) is 96.3 Å². The number of aliphatic imine (C=N–C) groups is 1. The minimum atomic E-state index is 0.130. The number of thioether (sulfide) groups is 1. The molecule has 2 atom stereocenters. The summed E-state index contributed by atoms with van der Waals surface area (Å²) in [6.45, 7) is 0. The van der Waals surface area contributed by atoms with Crippen molar-refractivity contribution in [3.8, 4) is 0 Å². The molecule has 0 aliphatic carbocycles. The molecule has 1 aliphatic rings. The largest absolute Gasteiger partial charge is 0.364 e. The van der Waals surface area contributed by atoms with E-state index in [9.17, 15) is 0 Å². The van der Waals surface area contributed by atoms with Gasteiger partial charge >= 0.3 is 0 Å². The zero-order valence-electron chi connectivity index (χ0n) is 14.6. The molecule has 0 aromatic heterocycles. The normalized spacial score (nSPS) is 19.0. The summed E-state index contributed by atoms with van der Waals surface area (Å²) in [4.78, 5) is 5.03. The monoisotopic (exact) mass is 358 g/mol. The fraction of sp³-hybridized carbons (Fsp3) is 0.174. The molecule has 26 heavy (non-hydrogen) atoms. The van der Waals surface area contributed by atoms with Crippen molar-refractivity contribution in [3.63, 3.8) is 0 Å². The van der Waals surface area contributed by atoms with Gasteiger partial charge in [0.15, 0.2) is 0 Å². The van der Waals surface area contributed by atoms with Gasteiger partial charge in [-0.1, -0.05) is 91.0 Å². The average Bonchev–Trinajstić information content (AvgIpc) is 3.14. The minimum absolute atomic E-state index is 0.130. The average molecular weight is 359 g/mol. The Bertz CT molecular complexity index is 847. The molecule has 3 heteroatoms. The molecular formula is C23H22N2S. The Hall–Kier alpha value is -2.52. The Balaban J connectivity index is 1.49. The summed E-state index contributed by atoms with van der Waals surface area (Å²) in [5.41, 5.74) is 3.90. The summed E-state index contributed by atoms with van der Waals surface area (Å²) in [5.74, 6) is 3.00. The molecule has 1 heterocycles. The molecule has 4 rings (SSSR count). The molecule has 130 valence electrons. The van der Waals surface area contributed by atoms with Gasteiger partial charge in [0.1, 0.15) is 11.9 Å². The van der Waals surface area contributed by atoms with Crippen LogP contribution in [0.25, 0.3) is 0 Å². The van der Waals surface area contributed by atoms with E-state index < -0.39 is 0 Å². The van der Waals surface area contributed by atoms with Crippen molar-refractivity contribution in [3.05, 3.63) is 108 Å². The van der Waals surface area contributed by atoms with Gasteiger partial charge in [-0.2, -0.15) is 0 Å². The first-order chi connectivity index (χ1) is 12.9. The molecule has 0 spiro atoms. The van der Waals surface area contributed by atoms with E-state index in [-0.39, 0.29) is 12.1 Å². The number of rotatable bonds is 6. The fourth-order valence-corrected chi connectivity index (χ4v) is 4.18. The Kier molecular flexibility index (Phi) is 5.36. The maximum atomic E-state index is 5.03. The van der Waals surface area contributed by atoms with Gasteiger partial charge in [-0.25, -0.2) is 0 Å². The van der Waals surface area contributed by atoms with Gasteiger partial charge in [0, 0.05) is 5.75 Å². The Morgan fingerprint density at radius 2 is 1.27 bits per heavy atom. The lowest BCUT2D eigenvalue weighted by Gasteiger charge is -2.19. The van der Waals surface area contributed by atoms with Gasteiger partial charge in [-0.05, 0) is 16.7 Å². The van der Waals surface area contributed by atoms with E-state index in [1.807, 2.05) is 11.8 Å². The SMILES string of the molecule is c1ccc(CSCC2=N[C@@H](c3ccccc3)[C@@H](c3ccccc3)N2)cc1. The molecular weight excluding hydrogens is 336 g/mol. The molecule has 0 fully saturated rings. The van der Waals surface area contributed by atoms with Crippen LogP contribution in [0.3, 0.4) is 0 Å². The van der Waals surface area contributed by atoms with E-state index in [0.29, 0.717) is 0 Å². The standard InChI is InChI=1S/C23H22N2S/c1-4-10-18(11-5-1)16-26-17-21-24-22(19-12-6-2-7-13-19)23(25-21)20-14-8-3-9-15-20/h1-15,22-23H,16-17H2,(H,24,25)/t22-,23+. The number of nitrogens with one attached hydrogen (secondary N) is 1. The van der Waals surface area contributed by atoms with E-state index in [1.54, 1.807) is 0 Å². The Morgan fingerprint density at radius 3 is 1.92 bits per heavy atom. The van der Waals surface area contributed by atoms with Crippen molar-refractivity contribution >= 4 is 17.6 Å². The lowest BCUT2D eigenvalue weighted by Crippen LogP contribution is -2.25. The molecule has 1 aliphatic heterocycles. The maximum Gasteiger partial charge on any atom is 0.108 e. The summed E-state index contributed by atoms with van der Waals surface area (Å²) in [7, 11) is 0. The first-order valence-corrected chi connectivity index (χ1v) is 10.1. The second kappa shape index (κ2) is 8.24. The minimum Gasteiger partial charge on any atom is -0.364 e. The van der Waals surface area contributed by atoms with Crippen LogP contribution in [0.5, 0.6) is 0 Å². The van der Waals surface area contributed by atoms with Gasteiger partial charge in [-0.15, -0.1) is 11.8 Å². The van der Waals surface area contributed by atoms with Crippen LogP contribution in [-0.2, 0) is 5.75 Å². The van der Waals surface area contributed by atoms with E-state index in [4.69, 9.17) is 4.99 Å². The highest BCUT2D eigenvalue weighted by Gasteiger charge is 2.30. The van der Waals surface area contributed by atoms with Crippen LogP contribution >= 0.6 is 11.8 Å². The van der Waals surface area contributed by atoms with Crippen LogP contribution in [0.4, 0.5) is 0 Å². The van der Waals surface area contributed by atoms with Crippen molar-refractivity contribution in [1.82, 2.24) is 5.32 Å². The molecule has 3 aromatic rings. The van der Waals surface area contributed by atoms with Gasteiger partial charge in [-0.3, -0.25) is 4.99 Å². The molecule has 3 aromatic carbocycles. The number of hydrogen-bond acceptors (Lipinski definition) is 3. The summed E-state index contributed by atoms with van der Waals surface area (Å²) in [6.07, 6.45) is 0. The zero-order valence-corrected chi connectivity index (χ0v) is 15.4. The molecule has 0 amide bonds. The van der Waals surface area contributed by atoms with Gasteiger partial charge in [0.25, 0.3) is 0 Å². The van der Waals surface area contributed by atoms with Crippen LogP contribution in [0, 0.1) is 0 Å². The van der Waals surface area contributed by atoms with Crippen molar-refractivity contribution in [2.75, 3.05) is 5.75 Å². The molecule has 0 bridgehead atoms. The van der Waals surface area contributed by atoms with Gasteiger partial charge in [0.2, 0.25) is 0 Å². The number of benzene rings is 3. The van der Waals surface area contributed by atoms with E-state index in [1.165, 1.54) is 16.7 Å². The third kappa shape index (κ3) is 4.00. The highest BCUT2D eigenvalue weighted by atomic mass is 32.2. The first kappa shape index (κ1) is 16.9. The van der Waals surface area contributed by atoms with Crippen LogP contribution in [0.15, 0.2) is 96.0 Å². The highest BCUT2D eigenvalue weighted by Crippen LogP contribution is 2.36. The third-order valence-corrected chi connectivity index (χ3v) is 5.60. The summed E-state index contributed by atoms with van der Waals surface area (Å²) in [6, 6.07) is 32.2. The maximum absolute atomic E-state index is 5.03. The predicted molar refractivity (Wildman–Crippen MR) is 112 cm³/mol. The van der Waals surface area contributed by atoms with Crippen LogP contribution < -0.4 is 5.32 Å². The lowest BCUT2D eigenvalue weighted by atomic mass is 9.95. The highest BCUT2D eigenvalue weighted by molar-refractivity contribution is 7.99. The number of amidine groups is 1. The summed E-state index contributed by atoms with van der Waals surface area (Å²) < 4.78 is 0. The Labute approximate surface area is 159 Å². The first-order valence-electron chi connectivity index (χ1n) is 8.95. The second-order valence-electron chi connectivity index (χ2n) is 6.44. The van der Waals surface area contributed by atoms with Gasteiger partial charge < -0.3 is 5.32 Å². The molecule has 0 radical (unpaired) electrons. The second-order valence-corrected chi connectivity index (χ2v) is 7.43. The van der Waals surface area contributed by atoms with Crippen molar-refractivity contribution in [2.24, 2.45) is 4.99 Å². The number of hydrogen-bond donors (Lipinski definition) is 1. The fourth-order valence-electron chi connectivity index (χ4n) is 3.30. The Morgan fingerprint density at radius 1 is 0.692 bits per heavy atom. The van der Waals surface area contributed by atoms with Crippen molar-refractivity contribution < 1.29 is 0 Å². The summed E-state index contributed by atoms with van der Waals surface area (Å²) >= 11 is 1.90. The van der Waals surface area contributed by atoms with Crippen LogP contribution in [0.2, 0.25) is 0 Å². The quantitative estimate of drug-likeness (QED) is 0.637. The summed E-state index contributed by atoms with van der Waals surface area (Å²) in [5, 5.41) is 3.67. The molecule has 0 saturated heterocycles. The zero-order chi connectivity index (χ0) is 17.6. The smallest absolute Gasteiger partial charge is 0.108 e. The lowest BCUT2D eigenvalue weighted by molar-refractivity contribution is 0.572. The third-order valence-electron chi connectivity index (χ3n) is 4.58. The van der Waals surface area contributed by atoms with Crippen molar-refractivity contribution in [1.29, 1.82) is 0 Å². The van der Waals surface area contributed by atoms with Crippen molar-refractivity contribution in [2.45, 2.75) is 17.8 Å². The number of nitrogens with zero attached hydrogens (tertiary/aromatic N) is 1. The van der Waals surface area contributed by atoms with Gasteiger partial charge in [0.05, 0.1) is 11.8 Å². The van der Waals surface area contributed by atoms with E-state index in [0.717, 1.165) is 17.3 Å². The molecule has 2 nitrogen and oxygen atoms in total. The van der Waals surface area contributed by atoms with Crippen LogP contribution in [0.1, 0.15) is 28.8 Å².